The molecule has 184 valence electrons. The van der Waals surface area contributed by atoms with E-state index in [1.807, 2.05) is 68.4 Å². The van der Waals surface area contributed by atoms with Crippen molar-refractivity contribution in [2.24, 2.45) is 0 Å². The van der Waals surface area contributed by atoms with Crippen molar-refractivity contribution >= 4 is 50.9 Å². The lowest BCUT2D eigenvalue weighted by molar-refractivity contribution is -0.141. The van der Waals surface area contributed by atoms with E-state index in [1.54, 1.807) is 23.1 Å². The number of carbonyl (C=O) groups excluding carboxylic acids is 2. The van der Waals surface area contributed by atoms with Crippen molar-refractivity contribution in [2.45, 2.75) is 51.7 Å². The predicted octanol–water partition coefficient (Wildman–Crippen LogP) is 6.85. The van der Waals surface area contributed by atoms with Crippen LogP contribution in [0.1, 0.15) is 37.0 Å². The molecule has 0 saturated carbocycles. The van der Waals surface area contributed by atoms with E-state index in [0.717, 1.165) is 27.6 Å². The fraction of sp³-hybridized carbons (Fsp3) is 0.286. The number of nitrogens with zero attached hydrogens (tertiary/aromatic N) is 1. The van der Waals surface area contributed by atoms with Gasteiger partial charge in [0.1, 0.15) is 6.04 Å². The third kappa shape index (κ3) is 8.09. The number of nitrogens with one attached hydrogen (secondary N) is 1. The standard InChI is InChI=1S/C28H29BrCl2N2O2/c1-3-19(2)32-28(35)26(16-20-8-5-4-6-9-20)33(18-22-10-7-11-23(29)14-22)27(34)17-21-12-13-24(30)25(31)15-21/h4-15,19,26H,3,16-18H2,1-2H3,(H,32,35)/t19-,26+/m1/s1. The monoisotopic (exact) mass is 574 g/mol. The number of carbonyl (C=O) groups is 2. The second-order valence-electron chi connectivity index (χ2n) is 8.60. The molecule has 0 unspecified atom stereocenters. The topological polar surface area (TPSA) is 49.4 Å². The number of amides is 2. The van der Waals surface area contributed by atoms with Crippen LogP contribution in [0.15, 0.2) is 77.3 Å². The first-order chi connectivity index (χ1) is 16.8. The van der Waals surface area contributed by atoms with Gasteiger partial charge in [-0.05, 0) is 54.3 Å². The van der Waals surface area contributed by atoms with Crippen LogP contribution in [0.4, 0.5) is 0 Å². The molecule has 0 saturated heterocycles. The summed E-state index contributed by atoms with van der Waals surface area (Å²) in [5, 5.41) is 3.91. The highest BCUT2D eigenvalue weighted by molar-refractivity contribution is 9.10. The Balaban J connectivity index is 1.98. The SMILES string of the molecule is CC[C@@H](C)NC(=O)[C@H](Cc1ccccc1)N(Cc1cccc(Br)c1)C(=O)Cc1ccc(Cl)c(Cl)c1. The van der Waals surface area contributed by atoms with Crippen LogP contribution in [0, 0.1) is 0 Å². The highest BCUT2D eigenvalue weighted by atomic mass is 79.9. The lowest BCUT2D eigenvalue weighted by Gasteiger charge is -2.32. The van der Waals surface area contributed by atoms with E-state index in [0.29, 0.717) is 23.0 Å². The van der Waals surface area contributed by atoms with Gasteiger partial charge >= 0.3 is 0 Å². The first-order valence-electron chi connectivity index (χ1n) is 11.6. The van der Waals surface area contributed by atoms with E-state index in [4.69, 9.17) is 23.2 Å². The van der Waals surface area contributed by atoms with Crippen molar-refractivity contribution in [1.29, 1.82) is 0 Å². The van der Waals surface area contributed by atoms with Gasteiger partial charge in [-0.2, -0.15) is 0 Å². The van der Waals surface area contributed by atoms with Crippen LogP contribution in [0.2, 0.25) is 10.0 Å². The molecule has 0 aliphatic carbocycles. The molecular formula is C28H29BrCl2N2O2. The minimum Gasteiger partial charge on any atom is -0.352 e. The van der Waals surface area contributed by atoms with Crippen molar-refractivity contribution in [3.05, 3.63) is 104 Å². The average molecular weight is 576 g/mol. The van der Waals surface area contributed by atoms with Crippen molar-refractivity contribution in [3.8, 4) is 0 Å². The van der Waals surface area contributed by atoms with Crippen molar-refractivity contribution in [2.75, 3.05) is 0 Å². The molecule has 1 N–H and O–H groups in total. The summed E-state index contributed by atoms with van der Waals surface area (Å²) >= 11 is 15.8. The maximum Gasteiger partial charge on any atom is 0.243 e. The molecule has 7 heteroatoms. The van der Waals surface area contributed by atoms with Crippen LogP contribution in [0.5, 0.6) is 0 Å². The Kier molecular flexibility index (Phi) is 10.2. The van der Waals surface area contributed by atoms with Gasteiger partial charge in [-0.1, -0.05) is 94.6 Å². The summed E-state index contributed by atoms with van der Waals surface area (Å²) in [5.74, 6) is -0.329. The van der Waals surface area contributed by atoms with E-state index < -0.39 is 6.04 Å². The Labute approximate surface area is 225 Å². The zero-order valence-electron chi connectivity index (χ0n) is 19.8. The fourth-order valence-corrected chi connectivity index (χ4v) is 4.52. The second kappa shape index (κ2) is 13.1. The zero-order chi connectivity index (χ0) is 25.4. The van der Waals surface area contributed by atoms with Gasteiger partial charge in [-0.15, -0.1) is 0 Å². The predicted molar refractivity (Wildman–Crippen MR) is 147 cm³/mol. The molecule has 35 heavy (non-hydrogen) atoms. The van der Waals surface area contributed by atoms with Crippen LogP contribution in [0.25, 0.3) is 0 Å². The smallest absolute Gasteiger partial charge is 0.243 e. The third-order valence-corrected chi connectivity index (χ3v) is 7.09. The van der Waals surface area contributed by atoms with E-state index in [-0.39, 0.29) is 24.3 Å². The Morgan fingerprint density at radius 3 is 2.29 bits per heavy atom. The van der Waals surface area contributed by atoms with E-state index in [9.17, 15) is 9.59 Å². The lowest BCUT2D eigenvalue weighted by atomic mass is 10.0. The van der Waals surface area contributed by atoms with Crippen LogP contribution < -0.4 is 5.32 Å². The number of rotatable bonds is 10. The summed E-state index contributed by atoms with van der Waals surface area (Å²) in [6.45, 7) is 4.28. The first kappa shape index (κ1) is 27.3. The molecule has 3 aromatic rings. The Hall–Kier alpha value is -2.34. The Morgan fingerprint density at radius 1 is 0.914 bits per heavy atom. The first-order valence-corrected chi connectivity index (χ1v) is 13.1. The maximum atomic E-state index is 13.7. The van der Waals surface area contributed by atoms with Gasteiger partial charge in [-0.3, -0.25) is 9.59 Å². The molecule has 3 aromatic carbocycles. The van der Waals surface area contributed by atoms with Gasteiger partial charge in [0.25, 0.3) is 0 Å². The number of hydrogen-bond donors (Lipinski definition) is 1. The molecule has 3 rings (SSSR count). The molecule has 0 radical (unpaired) electrons. The molecule has 0 fully saturated rings. The van der Waals surface area contributed by atoms with Crippen LogP contribution in [0.3, 0.4) is 0 Å². The number of halogens is 3. The molecule has 0 spiro atoms. The van der Waals surface area contributed by atoms with Crippen LogP contribution >= 0.6 is 39.1 Å². The van der Waals surface area contributed by atoms with Gasteiger partial charge in [-0.25, -0.2) is 0 Å². The molecule has 0 aliphatic heterocycles. The minimum atomic E-state index is -0.680. The normalized spacial score (nSPS) is 12.6. The van der Waals surface area contributed by atoms with Gasteiger partial charge < -0.3 is 10.2 Å². The summed E-state index contributed by atoms with van der Waals surface area (Å²) in [7, 11) is 0. The quantitative estimate of drug-likeness (QED) is 0.287. The molecule has 0 heterocycles. The second-order valence-corrected chi connectivity index (χ2v) is 10.3. The Morgan fingerprint density at radius 2 is 1.63 bits per heavy atom. The van der Waals surface area contributed by atoms with Gasteiger partial charge in [0.2, 0.25) is 11.8 Å². The molecule has 0 bridgehead atoms. The molecule has 2 amide bonds. The van der Waals surface area contributed by atoms with E-state index >= 15 is 0 Å². The van der Waals surface area contributed by atoms with Gasteiger partial charge in [0.15, 0.2) is 0 Å². The lowest BCUT2D eigenvalue weighted by Crippen LogP contribution is -2.52. The molecular weight excluding hydrogens is 547 g/mol. The van der Waals surface area contributed by atoms with Crippen molar-refractivity contribution in [1.82, 2.24) is 10.2 Å². The third-order valence-electron chi connectivity index (χ3n) is 5.85. The highest BCUT2D eigenvalue weighted by Crippen LogP contribution is 2.24. The Bertz CT molecular complexity index is 1160. The van der Waals surface area contributed by atoms with Gasteiger partial charge in [0, 0.05) is 23.5 Å². The van der Waals surface area contributed by atoms with Crippen molar-refractivity contribution < 1.29 is 9.59 Å². The van der Waals surface area contributed by atoms with E-state index in [1.165, 1.54) is 0 Å². The summed E-state index contributed by atoms with van der Waals surface area (Å²) in [6.07, 6.45) is 1.31. The summed E-state index contributed by atoms with van der Waals surface area (Å²) < 4.78 is 0.913. The average Bonchev–Trinajstić information content (AvgIpc) is 2.84. The number of benzene rings is 3. The van der Waals surface area contributed by atoms with Crippen LogP contribution in [-0.4, -0.2) is 28.8 Å². The number of hydrogen-bond acceptors (Lipinski definition) is 2. The summed E-state index contributed by atoms with van der Waals surface area (Å²) in [6, 6.07) is 22.0. The minimum absolute atomic E-state index is 0.00123. The zero-order valence-corrected chi connectivity index (χ0v) is 22.9. The fourth-order valence-electron chi connectivity index (χ4n) is 3.75. The largest absolute Gasteiger partial charge is 0.352 e. The molecule has 4 nitrogen and oxygen atoms in total. The highest BCUT2D eigenvalue weighted by Gasteiger charge is 2.31. The van der Waals surface area contributed by atoms with Gasteiger partial charge in [0.05, 0.1) is 16.5 Å². The van der Waals surface area contributed by atoms with Crippen LogP contribution in [-0.2, 0) is 29.0 Å². The molecule has 2 atom stereocenters. The summed E-state index contributed by atoms with van der Waals surface area (Å²) in [4.78, 5) is 28.9. The van der Waals surface area contributed by atoms with Crippen molar-refractivity contribution in [3.63, 3.8) is 0 Å². The molecule has 0 aliphatic rings. The summed E-state index contributed by atoms with van der Waals surface area (Å²) in [5.41, 5.74) is 2.65. The maximum absolute atomic E-state index is 13.7. The van der Waals surface area contributed by atoms with E-state index in [2.05, 4.69) is 21.2 Å². The molecule has 0 aromatic heterocycles.